The van der Waals surface area contributed by atoms with Gasteiger partial charge >= 0.3 is 0 Å². The van der Waals surface area contributed by atoms with Crippen molar-refractivity contribution in [1.29, 1.82) is 0 Å². The molecule has 1 aromatic rings. The molecule has 78 valence electrons. The number of carbonyl (C=O) groups excluding carboxylic acids is 1. The summed E-state index contributed by atoms with van der Waals surface area (Å²) >= 11 is 0. The average molecular weight is 198 g/mol. The van der Waals surface area contributed by atoms with E-state index in [4.69, 9.17) is 10.8 Å². The third-order valence-corrected chi connectivity index (χ3v) is 1.78. The Morgan fingerprint density at radius 2 is 2.57 bits per heavy atom. The third kappa shape index (κ3) is 3.15. The highest BCUT2D eigenvalue weighted by atomic mass is 16.3. The summed E-state index contributed by atoms with van der Waals surface area (Å²) in [6, 6.07) is -0.836. The van der Waals surface area contributed by atoms with Gasteiger partial charge in [0.1, 0.15) is 6.04 Å². The zero-order valence-electron chi connectivity index (χ0n) is 7.73. The second-order valence-corrected chi connectivity index (χ2v) is 2.91. The third-order valence-electron chi connectivity index (χ3n) is 1.78. The zero-order chi connectivity index (χ0) is 10.4. The van der Waals surface area contributed by atoms with Gasteiger partial charge in [0, 0.05) is 24.9 Å². The quantitative estimate of drug-likeness (QED) is 0.457. The van der Waals surface area contributed by atoms with E-state index in [-0.39, 0.29) is 12.5 Å². The zero-order valence-corrected chi connectivity index (χ0v) is 7.73. The molecule has 0 unspecified atom stereocenters. The summed E-state index contributed by atoms with van der Waals surface area (Å²) in [5.74, 6) is -0.341. The lowest BCUT2D eigenvalue weighted by Crippen LogP contribution is -2.43. The largest absolute Gasteiger partial charge is 0.394 e. The number of aliphatic hydroxyl groups is 1. The first-order chi connectivity index (χ1) is 6.74. The molecule has 1 atom stereocenters. The van der Waals surface area contributed by atoms with Crippen LogP contribution in [0.25, 0.3) is 0 Å². The molecular formula is C8H14N4O2. The van der Waals surface area contributed by atoms with Crippen LogP contribution in [0, 0.1) is 0 Å². The molecule has 1 heterocycles. The van der Waals surface area contributed by atoms with Crippen LogP contribution in [0.3, 0.4) is 0 Å². The van der Waals surface area contributed by atoms with E-state index in [1.54, 1.807) is 12.5 Å². The highest BCUT2D eigenvalue weighted by Crippen LogP contribution is 1.90. The Kier molecular flexibility index (Phi) is 4.09. The molecule has 0 spiro atoms. The van der Waals surface area contributed by atoms with Gasteiger partial charge in [0.25, 0.3) is 0 Å². The fraction of sp³-hybridized carbons (Fsp3) is 0.500. The predicted octanol–water partition coefficient (Wildman–Crippen LogP) is -1.61. The molecule has 0 aromatic carbocycles. The molecule has 0 bridgehead atoms. The predicted molar refractivity (Wildman–Crippen MR) is 50.4 cm³/mol. The van der Waals surface area contributed by atoms with E-state index in [2.05, 4.69) is 15.3 Å². The number of aliphatic hydroxyl groups excluding tert-OH is 1. The summed E-state index contributed by atoms with van der Waals surface area (Å²) in [4.78, 5) is 17.8. The second-order valence-electron chi connectivity index (χ2n) is 2.91. The lowest BCUT2D eigenvalue weighted by molar-refractivity contribution is -0.123. The molecule has 5 N–H and O–H groups in total. The van der Waals surface area contributed by atoms with Crippen molar-refractivity contribution in [3.63, 3.8) is 0 Å². The van der Waals surface area contributed by atoms with Crippen LogP contribution in [-0.4, -0.2) is 40.2 Å². The topological polar surface area (TPSA) is 104 Å². The van der Waals surface area contributed by atoms with Crippen molar-refractivity contribution >= 4 is 5.91 Å². The second kappa shape index (κ2) is 5.36. The number of nitrogens with one attached hydrogen (secondary N) is 2. The Morgan fingerprint density at radius 3 is 3.14 bits per heavy atom. The molecular weight excluding hydrogens is 184 g/mol. The molecule has 14 heavy (non-hydrogen) atoms. The van der Waals surface area contributed by atoms with Crippen molar-refractivity contribution in [2.75, 3.05) is 13.2 Å². The maximum absolute atomic E-state index is 11.1. The van der Waals surface area contributed by atoms with Gasteiger partial charge in [-0.25, -0.2) is 4.98 Å². The van der Waals surface area contributed by atoms with Gasteiger partial charge in [-0.2, -0.15) is 0 Å². The Morgan fingerprint density at radius 1 is 1.79 bits per heavy atom. The van der Waals surface area contributed by atoms with Crippen molar-refractivity contribution in [1.82, 2.24) is 15.3 Å². The van der Waals surface area contributed by atoms with Gasteiger partial charge in [-0.3, -0.25) is 4.79 Å². The summed E-state index contributed by atoms with van der Waals surface area (Å²) in [5, 5.41) is 11.2. The monoisotopic (exact) mass is 198 g/mol. The number of hydrogen-bond donors (Lipinski definition) is 4. The number of rotatable bonds is 5. The number of aromatic amines is 1. The molecule has 1 aromatic heterocycles. The van der Waals surface area contributed by atoms with Crippen LogP contribution in [0.15, 0.2) is 12.5 Å². The van der Waals surface area contributed by atoms with Crippen molar-refractivity contribution in [3.05, 3.63) is 18.2 Å². The summed E-state index contributed by atoms with van der Waals surface area (Å²) in [6.07, 6.45) is 3.94. The average Bonchev–Trinajstić information content (AvgIpc) is 2.69. The van der Waals surface area contributed by atoms with Crippen LogP contribution in [0.5, 0.6) is 0 Å². The van der Waals surface area contributed by atoms with Crippen molar-refractivity contribution in [3.8, 4) is 0 Å². The normalized spacial score (nSPS) is 12.4. The molecule has 0 saturated carbocycles. The van der Waals surface area contributed by atoms with Gasteiger partial charge in [-0.1, -0.05) is 0 Å². The molecule has 0 fully saturated rings. The fourth-order valence-corrected chi connectivity index (χ4v) is 0.956. The first-order valence-corrected chi connectivity index (χ1v) is 4.35. The van der Waals surface area contributed by atoms with E-state index in [0.717, 1.165) is 5.69 Å². The number of amides is 1. The van der Waals surface area contributed by atoms with Crippen molar-refractivity contribution < 1.29 is 9.90 Å². The molecule has 6 heteroatoms. The summed E-state index contributed by atoms with van der Waals surface area (Å²) in [7, 11) is 0. The van der Waals surface area contributed by atoms with Crippen LogP contribution in [0.1, 0.15) is 5.69 Å². The van der Waals surface area contributed by atoms with Crippen LogP contribution < -0.4 is 11.1 Å². The Bertz CT molecular complexity index is 273. The van der Waals surface area contributed by atoms with E-state index < -0.39 is 6.04 Å². The molecule has 0 saturated heterocycles. The van der Waals surface area contributed by atoms with Gasteiger partial charge < -0.3 is 21.1 Å². The minimum atomic E-state index is -0.836. The van der Waals surface area contributed by atoms with Crippen LogP contribution in [0.4, 0.5) is 0 Å². The van der Waals surface area contributed by atoms with Gasteiger partial charge in [0.05, 0.1) is 12.9 Å². The first kappa shape index (κ1) is 10.7. The molecule has 1 rings (SSSR count). The molecule has 0 aliphatic heterocycles. The Labute approximate surface area is 81.5 Å². The lowest BCUT2D eigenvalue weighted by Gasteiger charge is -2.08. The smallest absolute Gasteiger partial charge is 0.239 e. The molecule has 0 aliphatic rings. The fourth-order valence-electron chi connectivity index (χ4n) is 0.956. The molecule has 1 amide bonds. The van der Waals surface area contributed by atoms with Crippen LogP contribution in [-0.2, 0) is 11.2 Å². The first-order valence-electron chi connectivity index (χ1n) is 4.35. The van der Waals surface area contributed by atoms with E-state index in [1.807, 2.05) is 0 Å². The standard InChI is InChI=1S/C8H14N4O2/c9-7(4-13)8(14)11-2-1-6-3-10-5-12-6/h3,5,7,13H,1-2,4,9H2,(H,10,12)(H,11,14)/t7-/m0/s1. The summed E-state index contributed by atoms with van der Waals surface area (Å²) in [6.45, 7) is 0.143. The number of nitrogens with zero attached hydrogens (tertiary/aromatic N) is 1. The lowest BCUT2D eigenvalue weighted by atomic mass is 10.3. The number of hydrogen-bond acceptors (Lipinski definition) is 4. The van der Waals surface area contributed by atoms with Crippen LogP contribution >= 0.6 is 0 Å². The number of imidazole rings is 1. The number of aromatic nitrogens is 2. The minimum absolute atomic E-state index is 0.337. The molecule has 0 aliphatic carbocycles. The van der Waals surface area contributed by atoms with Gasteiger partial charge in [0.15, 0.2) is 0 Å². The Hall–Kier alpha value is -1.40. The Balaban J connectivity index is 2.18. The van der Waals surface area contributed by atoms with Gasteiger partial charge in [-0.15, -0.1) is 0 Å². The highest BCUT2D eigenvalue weighted by Gasteiger charge is 2.10. The summed E-state index contributed by atoms with van der Waals surface area (Å²) < 4.78 is 0. The maximum Gasteiger partial charge on any atom is 0.239 e. The van der Waals surface area contributed by atoms with Gasteiger partial charge in [0.2, 0.25) is 5.91 Å². The maximum atomic E-state index is 11.1. The SMILES string of the molecule is N[C@@H](CO)C(=O)NCCc1cnc[nH]1. The summed E-state index contributed by atoms with van der Waals surface area (Å²) in [5.41, 5.74) is 6.24. The molecule has 6 nitrogen and oxygen atoms in total. The minimum Gasteiger partial charge on any atom is -0.394 e. The van der Waals surface area contributed by atoms with Crippen molar-refractivity contribution in [2.45, 2.75) is 12.5 Å². The van der Waals surface area contributed by atoms with Gasteiger partial charge in [-0.05, 0) is 0 Å². The van der Waals surface area contributed by atoms with Crippen molar-refractivity contribution in [2.24, 2.45) is 5.73 Å². The number of H-pyrrole nitrogens is 1. The highest BCUT2D eigenvalue weighted by molar-refractivity contribution is 5.81. The number of nitrogens with two attached hydrogens (primary N) is 1. The van der Waals surface area contributed by atoms with E-state index >= 15 is 0 Å². The van der Waals surface area contributed by atoms with E-state index in [9.17, 15) is 4.79 Å². The van der Waals surface area contributed by atoms with Crippen LogP contribution in [0.2, 0.25) is 0 Å². The van der Waals surface area contributed by atoms with E-state index in [1.165, 1.54) is 0 Å². The molecule has 0 radical (unpaired) electrons. The number of carbonyl (C=O) groups is 1. The van der Waals surface area contributed by atoms with E-state index in [0.29, 0.717) is 13.0 Å².